The molecule has 2 rings (SSSR count). The molecule has 1 unspecified atom stereocenters. The topological polar surface area (TPSA) is 64.6 Å². The van der Waals surface area contributed by atoms with E-state index in [1.165, 1.54) is 12.1 Å². The van der Waals surface area contributed by atoms with Crippen molar-refractivity contribution in [3.8, 4) is 11.5 Å². The van der Waals surface area contributed by atoms with Gasteiger partial charge < -0.3 is 14.8 Å². The molecule has 1 heterocycles. The number of halogens is 1. The van der Waals surface area contributed by atoms with E-state index in [-0.39, 0.29) is 16.0 Å². The molecule has 7 heteroatoms. The van der Waals surface area contributed by atoms with Crippen LogP contribution in [0.2, 0.25) is 5.02 Å². The van der Waals surface area contributed by atoms with Gasteiger partial charge in [-0.05, 0) is 19.0 Å². The van der Waals surface area contributed by atoms with Crippen molar-refractivity contribution in [3.63, 3.8) is 0 Å². The fourth-order valence-electron chi connectivity index (χ4n) is 2.49. The quantitative estimate of drug-likeness (QED) is 0.857. The molecule has 2 atom stereocenters. The molecule has 0 aliphatic carbocycles. The van der Waals surface area contributed by atoms with Crippen molar-refractivity contribution < 1.29 is 17.9 Å². The molecule has 1 aliphatic rings. The Kier molecular flexibility index (Phi) is 5.58. The lowest BCUT2D eigenvalue weighted by atomic mass is 10.1. The molecule has 1 aliphatic heterocycles. The number of hydrogen-bond acceptors (Lipinski definition) is 5. The van der Waals surface area contributed by atoms with E-state index in [2.05, 4.69) is 19.2 Å². The van der Waals surface area contributed by atoms with Crippen LogP contribution in [0.1, 0.15) is 26.7 Å². The highest BCUT2D eigenvalue weighted by Gasteiger charge is 2.27. The molecule has 0 saturated heterocycles. The van der Waals surface area contributed by atoms with E-state index in [4.69, 9.17) is 21.1 Å². The summed E-state index contributed by atoms with van der Waals surface area (Å²) in [6.45, 7) is 5.48. The summed E-state index contributed by atoms with van der Waals surface area (Å²) < 4.78 is 35.0. The van der Waals surface area contributed by atoms with Crippen LogP contribution >= 0.6 is 11.6 Å². The number of benzene rings is 1. The van der Waals surface area contributed by atoms with Gasteiger partial charge in [-0.25, -0.2) is 8.42 Å². The van der Waals surface area contributed by atoms with Crippen molar-refractivity contribution in [2.75, 3.05) is 19.4 Å². The normalized spacial score (nSPS) is 19.0. The Hall–Kier alpha value is -0.980. The molecular weight excluding hydrogens is 326 g/mol. The van der Waals surface area contributed by atoms with E-state index in [9.17, 15) is 8.42 Å². The molecular formula is C15H22ClNO4S. The summed E-state index contributed by atoms with van der Waals surface area (Å²) in [5.41, 5.74) is 0. The summed E-state index contributed by atoms with van der Waals surface area (Å²) in [5.74, 6) is 0.817. The lowest BCUT2D eigenvalue weighted by Gasteiger charge is -2.30. The lowest BCUT2D eigenvalue weighted by Crippen LogP contribution is -2.38. The third-order valence-electron chi connectivity index (χ3n) is 3.65. The number of nitrogens with one attached hydrogen (secondary N) is 1. The Labute approximate surface area is 136 Å². The van der Waals surface area contributed by atoms with E-state index >= 15 is 0 Å². The van der Waals surface area contributed by atoms with Gasteiger partial charge in [0.2, 0.25) is 0 Å². The molecule has 0 aromatic heterocycles. The van der Waals surface area contributed by atoms with Gasteiger partial charge in [0.1, 0.15) is 12.7 Å². The zero-order valence-corrected chi connectivity index (χ0v) is 14.6. The minimum atomic E-state index is -3.34. The van der Waals surface area contributed by atoms with Crippen molar-refractivity contribution in [1.29, 1.82) is 0 Å². The monoisotopic (exact) mass is 347 g/mol. The molecule has 1 aromatic rings. The van der Waals surface area contributed by atoms with Gasteiger partial charge in [0.25, 0.3) is 0 Å². The van der Waals surface area contributed by atoms with Crippen LogP contribution in [0.3, 0.4) is 0 Å². The highest BCUT2D eigenvalue weighted by molar-refractivity contribution is 7.90. The van der Waals surface area contributed by atoms with Crippen molar-refractivity contribution in [3.05, 3.63) is 17.2 Å². The molecule has 0 fully saturated rings. The maximum Gasteiger partial charge on any atom is 0.180 e. The van der Waals surface area contributed by atoms with Crippen molar-refractivity contribution in [1.82, 2.24) is 5.32 Å². The predicted molar refractivity (Wildman–Crippen MR) is 86.8 cm³/mol. The third-order valence-corrected chi connectivity index (χ3v) is 5.02. The van der Waals surface area contributed by atoms with E-state index < -0.39 is 9.84 Å². The molecule has 5 nitrogen and oxygen atoms in total. The third kappa shape index (κ3) is 4.06. The Balaban J connectivity index is 2.20. The van der Waals surface area contributed by atoms with Gasteiger partial charge in [-0.3, -0.25) is 0 Å². The van der Waals surface area contributed by atoms with Gasteiger partial charge >= 0.3 is 0 Å². The molecule has 124 valence electrons. The molecule has 0 amide bonds. The van der Waals surface area contributed by atoms with Crippen LogP contribution in [-0.4, -0.2) is 40.0 Å². The second kappa shape index (κ2) is 7.06. The molecule has 1 N–H and O–H groups in total. The first kappa shape index (κ1) is 17.4. The largest absolute Gasteiger partial charge is 0.484 e. The zero-order valence-electron chi connectivity index (χ0n) is 13.1. The van der Waals surface area contributed by atoms with Crippen LogP contribution in [0, 0.1) is 0 Å². The fourth-order valence-corrected chi connectivity index (χ4v) is 3.48. The van der Waals surface area contributed by atoms with E-state index in [0.717, 1.165) is 25.6 Å². The standard InChI is InChI=1S/C15H22ClNO4S/c1-4-10(17-5-2)6-11-9-20-15-13(16)7-12(22(3,18)19)8-14(15)21-11/h7-8,10-11,17H,4-6,9H2,1-3H3/t10?,11-/m0/s1. The Morgan fingerprint density at radius 1 is 1.41 bits per heavy atom. The summed E-state index contributed by atoms with van der Waals surface area (Å²) >= 11 is 6.10. The van der Waals surface area contributed by atoms with Crippen LogP contribution in [0.5, 0.6) is 11.5 Å². The summed E-state index contributed by atoms with van der Waals surface area (Å²) in [6, 6.07) is 3.22. The maximum absolute atomic E-state index is 11.7. The van der Waals surface area contributed by atoms with Gasteiger partial charge in [0.15, 0.2) is 21.3 Å². The first-order valence-corrected chi connectivity index (χ1v) is 9.68. The molecule has 0 radical (unpaired) electrons. The highest BCUT2D eigenvalue weighted by Crippen LogP contribution is 2.41. The maximum atomic E-state index is 11.7. The SMILES string of the molecule is CCNC(CC)C[C@H]1COc2c(Cl)cc(S(C)(=O)=O)cc2O1. The first-order valence-electron chi connectivity index (χ1n) is 7.41. The summed E-state index contributed by atoms with van der Waals surface area (Å²) in [7, 11) is -3.34. The van der Waals surface area contributed by atoms with Gasteiger partial charge in [-0.2, -0.15) is 0 Å². The summed E-state index contributed by atoms with van der Waals surface area (Å²) in [6.07, 6.45) is 2.81. The minimum Gasteiger partial charge on any atom is -0.484 e. The van der Waals surface area contributed by atoms with E-state index in [1.54, 1.807) is 0 Å². The number of fused-ring (bicyclic) bond motifs is 1. The van der Waals surface area contributed by atoms with Gasteiger partial charge in [0.05, 0.1) is 9.92 Å². The predicted octanol–water partition coefficient (Wildman–Crippen LogP) is 2.66. The minimum absolute atomic E-state index is 0.123. The molecule has 1 aromatic carbocycles. The Bertz CT molecular complexity index is 633. The first-order chi connectivity index (χ1) is 10.3. The smallest absolute Gasteiger partial charge is 0.180 e. The lowest BCUT2D eigenvalue weighted by molar-refractivity contribution is 0.0761. The molecule has 0 saturated carbocycles. The zero-order chi connectivity index (χ0) is 16.3. The van der Waals surface area contributed by atoms with Gasteiger partial charge in [-0.1, -0.05) is 25.4 Å². The number of rotatable bonds is 6. The van der Waals surface area contributed by atoms with E-state index in [0.29, 0.717) is 24.1 Å². The van der Waals surface area contributed by atoms with Crippen LogP contribution in [0.25, 0.3) is 0 Å². The summed E-state index contributed by atoms with van der Waals surface area (Å²) in [5, 5.41) is 3.65. The number of hydrogen-bond donors (Lipinski definition) is 1. The van der Waals surface area contributed by atoms with Gasteiger partial charge in [-0.15, -0.1) is 0 Å². The van der Waals surface area contributed by atoms with Crippen molar-refractivity contribution in [2.24, 2.45) is 0 Å². The Morgan fingerprint density at radius 3 is 2.73 bits per heavy atom. The van der Waals surface area contributed by atoms with Gasteiger partial charge in [0, 0.05) is 24.8 Å². The molecule has 22 heavy (non-hydrogen) atoms. The van der Waals surface area contributed by atoms with E-state index in [1.807, 2.05) is 0 Å². The van der Waals surface area contributed by atoms with Crippen molar-refractivity contribution >= 4 is 21.4 Å². The average molecular weight is 348 g/mol. The highest BCUT2D eigenvalue weighted by atomic mass is 35.5. The molecule has 0 bridgehead atoms. The second-order valence-corrected chi connectivity index (χ2v) is 7.88. The Morgan fingerprint density at radius 2 is 2.14 bits per heavy atom. The van der Waals surface area contributed by atoms with Crippen LogP contribution < -0.4 is 14.8 Å². The van der Waals surface area contributed by atoms with Crippen LogP contribution in [0.15, 0.2) is 17.0 Å². The number of ether oxygens (including phenoxy) is 2. The average Bonchev–Trinajstić information content (AvgIpc) is 2.45. The fraction of sp³-hybridized carbons (Fsp3) is 0.600. The van der Waals surface area contributed by atoms with Crippen molar-refractivity contribution in [2.45, 2.75) is 43.7 Å². The number of sulfone groups is 1. The van der Waals surface area contributed by atoms with Crippen LogP contribution in [-0.2, 0) is 9.84 Å². The summed E-state index contributed by atoms with van der Waals surface area (Å²) in [4.78, 5) is 0.138. The second-order valence-electron chi connectivity index (χ2n) is 5.45. The van der Waals surface area contributed by atoms with Crippen LogP contribution in [0.4, 0.5) is 0 Å². The molecule has 0 spiro atoms.